The molecule has 0 spiro atoms. The number of amides is 14. The number of carbonyl (C=O) groups excluding carboxylic acids is 14. The lowest BCUT2D eigenvalue weighted by Crippen LogP contribution is -2.60. The van der Waals surface area contributed by atoms with Gasteiger partial charge in [0.05, 0.1) is 32.1 Å². The fraction of sp³-hybridized carbons (Fsp3) is 0.439. The summed E-state index contributed by atoms with van der Waals surface area (Å²) in [7, 11) is 0. The maximum atomic E-state index is 14.6. The SMILES string of the molecule is C[C@H](N)C(=O)N[C@@H](CS)C(=O)N[C@@H](Cc1ccccc1)C(=O)N1CCC[C@H]1C(=O)N[C@@H](Cc1c[nH]c2ccccc12)C(=O)NCC(=O)N[C@@H](CC(N)=O)C(=O)N[C@@H](CCC(N)=O)C(=O)N[C@@H](Cc1c[nH]c2ccccc12)C(=O)N[C@@H](CS)C(=O)NCC(=O)NCC(=O)N[C@@H](CCCCN)C(=O)O. The Morgan fingerprint density at radius 2 is 1.00 bits per heavy atom. The van der Waals surface area contributed by atoms with E-state index in [1.165, 1.54) is 11.8 Å². The molecule has 1 fully saturated rings. The molecule has 0 radical (unpaired) electrons. The van der Waals surface area contributed by atoms with Crippen molar-refractivity contribution in [2.45, 2.75) is 138 Å². The number of carboxylic acid groups (broad SMARTS) is 1. The van der Waals surface area contributed by atoms with Gasteiger partial charge in [0, 0.05) is 77.9 Å². The number of hydrogen-bond donors (Lipinski definition) is 20. The maximum absolute atomic E-state index is 14.6. The third-order valence-corrected chi connectivity index (χ3v) is 17.2. The van der Waals surface area contributed by atoms with Crippen LogP contribution in [-0.2, 0) is 91.2 Å². The number of H-pyrrole nitrogens is 2. The number of nitrogens with two attached hydrogens (primary N) is 4. The fourth-order valence-corrected chi connectivity index (χ4v) is 11.6. The third-order valence-electron chi connectivity index (χ3n) is 16.5. The molecular weight excluding hydrogens is 1360 g/mol. The van der Waals surface area contributed by atoms with Gasteiger partial charge in [-0.25, -0.2) is 4.79 Å². The summed E-state index contributed by atoms with van der Waals surface area (Å²) < 4.78 is 0. The fourth-order valence-electron chi connectivity index (χ4n) is 11.1. The number of likely N-dealkylation sites (tertiary alicyclic amines) is 1. The molecule has 5 aromatic rings. The lowest BCUT2D eigenvalue weighted by molar-refractivity contribution is -0.142. The normalized spacial score (nSPS) is 15.2. The van der Waals surface area contributed by atoms with Gasteiger partial charge >= 0.3 is 5.97 Å². The molecule has 6 rings (SSSR count). The standard InChI is InChI=1S/C66H88N18O16S2/c1-35(68)57(90)82-50(34-102)63(96)81-48(24-36-12-3-2-4-13-36)65(98)84-23-11-19-51(84)64(97)80-45(25-37-28-71-41-16-7-5-14-39(37)41)58(91)75-32-56(89)77-47(27-53(70)86)62(95)78-43(20-21-52(69)85)60(93)79-46(26-38-29-72-42-17-8-6-15-40(38)42)61(94)83-49(33-101)59(92)74-30-54(87)73-31-55(88)76-44(66(99)100)18-9-10-22-67/h2-8,12-17,28-29,35,43-51,71-72,101-102H,9-11,18-27,30-34,67-68H2,1H3,(H2,69,85)(H2,70,86)(H,73,87)(H,74,92)(H,75,91)(H,76,88)(H,77,89)(H,78,95)(H,79,93)(H,80,97)(H,81,96)(H,82,90)(H,83,94)(H,99,100)/t35-,43-,44-,45-,46-,47-,48-,49-,50-,51-/m0/s1. The Bertz CT molecular complexity index is 3840. The average Bonchev–Trinajstić information content (AvgIpc) is 1.66. The molecule has 34 nitrogen and oxygen atoms in total. The number of carbonyl (C=O) groups is 15. The molecule has 0 unspecified atom stereocenters. The minimum atomic E-state index is -1.86. The highest BCUT2D eigenvalue weighted by atomic mass is 32.1. The smallest absolute Gasteiger partial charge is 0.326 e. The molecule has 102 heavy (non-hydrogen) atoms. The number of thiol groups is 2. The highest BCUT2D eigenvalue weighted by molar-refractivity contribution is 7.80. The quantitative estimate of drug-likeness (QED) is 0.0129. The number of para-hydroxylation sites is 2. The van der Waals surface area contributed by atoms with Crippen LogP contribution in [0.3, 0.4) is 0 Å². The topological polar surface area (TPSA) is 548 Å². The van der Waals surface area contributed by atoms with Gasteiger partial charge in [-0.15, -0.1) is 0 Å². The van der Waals surface area contributed by atoms with Crippen molar-refractivity contribution in [3.05, 3.63) is 108 Å². The van der Waals surface area contributed by atoms with Crippen molar-refractivity contribution in [2.24, 2.45) is 22.9 Å². The molecule has 3 aromatic carbocycles. The van der Waals surface area contributed by atoms with Gasteiger partial charge in [-0.3, -0.25) is 67.1 Å². The Kier molecular flexibility index (Phi) is 31.5. The lowest BCUT2D eigenvalue weighted by atomic mass is 10.0. The molecule has 2 aromatic heterocycles. The number of carboxylic acids is 1. The molecule has 0 saturated carbocycles. The van der Waals surface area contributed by atoms with E-state index in [9.17, 15) is 77.0 Å². The predicted octanol–water partition coefficient (Wildman–Crippen LogP) is -4.54. The zero-order valence-electron chi connectivity index (χ0n) is 55.9. The summed E-state index contributed by atoms with van der Waals surface area (Å²) in [6.45, 7) is -0.425. The van der Waals surface area contributed by atoms with Crippen LogP contribution in [0.2, 0.25) is 0 Å². The molecule has 10 atom stereocenters. The van der Waals surface area contributed by atoms with E-state index in [1.54, 1.807) is 91.3 Å². The Morgan fingerprint density at radius 3 is 1.57 bits per heavy atom. The summed E-state index contributed by atoms with van der Waals surface area (Å²) in [5.41, 5.74) is 25.3. The van der Waals surface area contributed by atoms with Crippen molar-refractivity contribution in [1.82, 2.24) is 73.4 Å². The number of aromatic nitrogens is 2. The van der Waals surface area contributed by atoms with E-state index in [4.69, 9.17) is 22.9 Å². The molecule has 3 heterocycles. The number of aliphatic carboxylic acids is 1. The first-order valence-electron chi connectivity index (χ1n) is 32.8. The highest BCUT2D eigenvalue weighted by Crippen LogP contribution is 2.24. The summed E-state index contributed by atoms with van der Waals surface area (Å²) in [6, 6.07) is 8.82. The minimum absolute atomic E-state index is 0.0200. The van der Waals surface area contributed by atoms with Crippen molar-refractivity contribution in [2.75, 3.05) is 44.2 Å². The van der Waals surface area contributed by atoms with Crippen LogP contribution in [0.5, 0.6) is 0 Å². The zero-order chi connectivity index (χ0) is 74.6. The summed E-state index contributed by atoms with van der Waals surface area (Å²) in [5.74, 6) is -14.6. The van der Waals surface area contributed by atoms with Crippen LogP contribution in [0, 0.1) is 0 Å². The molecular formula is C66H88N18O16S2. The first-order valence-corrected chi connectivity index (χ1v) is 34.1. The summed E-state index contributed by atoms with van der Waals surface area (Å²) >= 11 is 8.45. The minimum Gasteiger partial charge on any atom is -0.480 e. The van der Waals surface area contributed by atoms with Gasteiger partial charge in [0.25, 0.3) is 0 Å². The van der Waals surface area contributed by atoms with Crippen molar-refractivity contribution >= 4 is 136 Å². The number of unbranched alkanes of at least 4 members (excludes halogenated alkanes) is 1. The lowest BCUT2D eigenvalue weighted by Gasteiger charge is -2.30. The Labute approximate surface area is 596 Å². The summed E-state index contributed by atoms with van der Waals surface area (Å²) in [5, 5.41) is 37.8. The number of nitrogens with zero attached hydrogens (tertiary/aromatic N) is 1. The summed E-state index contributed by atoms with van der Waals surface area (Å²) in [4.78, 5) is 209. The Hall–Kier alpha value is -10.6. The van der Waals surface area contributed by atoms with Gasteiger partial charge in [-0.05, 0) is 80.8 Å². The van der Waals surface area contributed by atoms with E-state index >= 15 is 0 Å². The second-order valence-corrected chi connectivity index (χ2v) is 25.0. The maximum Gasteiger partial charge on any atom is 0.326 e. The zero-order valence-corrected chi connectivity index (χ0v) is 57.7. The second-order valence-electron chi connectivity index (χ2n) is 24.3. The van der Waals surface area contributed by atoms with Crippen molar-refractivity contribution in [3.63, 3.8) is 0 Å². The van der Waals surface area contributed by atoms with Gasteiger partial charge in [0.1, 0.15) is 54.4 Å². The van der Waals surface area contributed by atoms with Crippen LogP contribution in [0.25, 0.3) is 21.8 Å². The average molecular weight is 1450 g/mol. The predicted molar refractivity (Wildman–Crippen MR) is 377 cm³/mol. The van der Waals surface area contributed by atoms with Crippen molar-refractivity contribution in [3.8, 4) is 0 Å². The van der Waals surface area contributed by atoms with E-state index in [0.29, 0.717) is 64.3 Å². The third kappa shape index (κ3) is 24.6. The van der Waals surface area contributed by atoms with Gasteiger partial charge in [-0.1, -0.05) is 66.7 Å². The molecule has 0 aliphatic carbocycles. The van der Waals surface area contributed by atoms with E-state index in [0.717, 1.165) is 0 Å². The Morgan fingerprint density at radius 1 is 0.520 bits per heavy atom. The molecule has 1 aliphatic rings. The molecule has 36 heteroatoms. The number of primary amides is 2. The first-order chi connectivity index (χ1) is 48.7. The number of aromatic amines is 2. The summed E-state index contributed by atoms with van der Waals surface area (Å²) in [6.07, 6.45) is 2.29. The van der Waals surface area contributed by atoms with Gasteiger partial charge in [0.2, 0.25) is 82.7 Å². The number of fused-ring (bicyclic) bond motifs is 2. The highest BCUT2D eigenvalue weighted by Gasteiger charge is 2.41. The van der Waals surface area contributed by atoms with E-state index in [1.807, 2.05) is 0 Å². The molecule has 0 bridgehead atoms. The number of hydrogen-bond acceptors (Lipinski definition) is 19. The monoisotopic (exact) mass is 1450 g/mol. The van der Waals surface area contributed by atoms with Crippen molar-refractivity contribution < 1.29 is 77.0 Å². The molecule has 1 saturated heterocycles. The van der Waals surface area contributed by atoms with E-state index in [2.05, 4.69) is 93.7 Å². The number of benzene rings is 3. The van der Waals surface area contributed by atoms with Crippen LogP contribution in [-0.4, -0.2) is 213 Å². The first kappa shape index (κ1) is 80.4. The van der Waals surface area contributed by atoms with Crippen LogP contribution >= 0.6 is 25.3 Å². The largest absolute Gasteiger partial charge is 0.480 e. The van der Waals surface area contributed by atoms with Gasteiger partial charge < -0.3 is 101 Å². The molecule has 550 valence electrons. The molecule has 22 N–H and O–H groups in total. The molecule has 14 amide bonds. The van der Waals surface area contributed by atoms with E-state index in [-0.39, 0.29) is 50.2 Å². The Balaban J connectivity index is 1.15. The molecule has 1 aliphatic heterocycles. The number of nitrogens with one attached hydrogen (secondary N) is 13. The van der Waals surface area contributed by atoms with Crippen LogP contribution in [0.1, 0.15) is 75.0 Å². The van der Waals surface area contributed by atoms with Crippen LogP contribution < -0.4 is 81.4 Å². The van der Waals surface area contributed by atoms with Gasteiger partial charge in [0.15, 0.2) is 0 Å². The number of rotatable bonds is 41. The second kappa shape index (κ2) is 40.0. The van der Waals surface area contributed by atoms with Crippen LogP contribution in [0.15, 0.2) is 91.3 Å². The van der Waals surface area contributed by atoms with Crippen molar-refractivity contribution in [1.29, 1.82) is 0 Å². The van der Waals surface area contributed by atoms with Crippen LogP contribution in [0.4, 0.5) is 0 Å². The van der Waals surface area contributed by atoms with Gasteiger partial charge in [-0.2, -0.15) is 25.3 Å². The van der Waals surface area contributed by atoms with E-state index < -0.39 is 188 Å².